The van der Waals surface area contributed by atoms with Gasteiger partial charge in [-0.25, -0.2) is 4.98 Å². The molecule has 0 fully saturated rings. The molecule has 90 valence electrons. The van der Waals surface area contributed by atoms with Crippen LogP contribution in [0.15, 0.2) is 46.9 Å². The van der Waals surface area contributed by atoms with Gasteiger partial charge in [0.05, 0.1) is 0 Å². The van der Waals surface area contributed by atoms with Crippen molar-refractivity contribution in [3.05, 3.63) is 53.6 Å². The quantitative estimate of drug-likeness (QED) is 0.745. The molecule has 2 aromatic carbocycles. The zero-order valence-corrected chi connectivity index (χ0v) is 10.2. The highest BCUT2D eigenvalue weighted by Crippen LogP contribution is 2.25. The summed E-state index contributed by atoms with van der Waals surface area (Å²) in [5, 5.41) is 0. The summed E-state index contributed by atoms with van der Waals surface area (Å²) >= 11 is 0. The van der Waals surface area contributed by atoms with Gasteiger partial charge in [0, 0.05) is 12.1 Å². The summed E-state index contributed by atoms with van der Waals surface area (Å²) in [7, 11) is 0. The van der Waals surface area contributed by atoms with Crippen molar-refractivity contribution in [1.29, 1.82) is 0 Å². The van der Waals surface area contributed by atoms with Gasteiger partial charge in [-0.15, -0.1) is 0 Å². The van der Waals surface area contributed by atoms with Crippen molar-refractivity contribution >= 4 is 11.1 Å². The minimum absolute atomic E-state index is 0.521. The lowest BCUT2D eigenvalue weighted by molar-refractivity contribution is 0.619. The zero-order chi connectivity index (χ0) is 12.5. The number of oxazole rings is 1. The van der Waals surface area contributed by atoms with Gasteiger partial charge in [0.25, 0.3) is 0 Å². The Kier molecular flexibility index (Phi) is 2.61. The Morgan fingerprint density at radius 1 is 1.17 bits per heavy atom. The van der Waals surface area contributed by atoms with Gasteiger partial charge in [-0.05, 0) is 42.3 Å². The number of aromatic nitrogens is 1. The normalized spacial score (nSPS) is 11.0. The molecule has 3 nitrogen and oxygen atoms in total. The van der Waals surface area contributed by atoms with Gasteiger partial charge in [-0.3, -0.25) is 0 Å². The Morgan fingerprint density at radius 2 is 2.06 bits per heavy atom. The van der Waals surface area contributed by atoms with Crippen LogP contribution in [0.1, 0.15) is 11.1 Å². The average molecular weight is 238 g/mol. The minimum atomic E-state index is 0.521. The van der Waals surface area contributed by atoms with Gasteiger partial charge >= 0.3 is 0 Å². The molecule has 3 aromatic rings. The third kappa shape index (κ3) is 1.89. The van der Waals surface area contributed by atoms with E-state index in [2.05, 4.69) is 4.98 Å². The summed E-state index contributed by atoms with van der Waals surface area (Å²) in [6.07, 6.45) is 0. The molecule has 0 spiro atoms. The van der Waals surface area contributed by atoms with E-state index in [0.29, 0.717) is 12.4 Å². The van der Waals surface area contributed by atoms with E-state index in [-0.39, 0.29) is 0 Å². The number of hydrogen-bond acceptors (Lipinski definition) is 3. The molecule has 0 saturated heterocycles. The molecule has 0 unspecified atom stereocenters. The smallest absolute Gasteiger partial charge is 0.227 e. The van der Waals surface area contributed by atoms with E-state index >= 15 is 0 Å². The van der Waals surface area contributed by atoms with Gasteiger partial charge in [0.15, 0.2) is 5.58 Å². The highest BCUT2D eigenvalue weighted by molar-refractivity contribution is 5.76. The van der Waals surface area contributed by atoms with Gasteiger partial charge < -0.3 is 10.2 Å². The molecule has 3 heteroatoms. The van der Waals surface area contributed by atoms with Crippen molar-refractivity contribution in [3.63, 3.8) is 0 Å². The molecule has 0 saturated carbocycles. The molecular weight excluding hydrogens is 224 g/mol. The van der Waals surface area contributed by atoms with Crippen LogP contribution in [-0.4, -0.2) is 4.98 Å². The van der Waals surface area contributed by atoms with E-state index in [0.717, 1.165) is 22.2 Å². The number of aryl methyl sites for hydroxylation is 1. The molecule has 1 heterocycles. The van der Waals surface area contributed by atoms with Crippen LogP contribution in [-0.2, 0) is 6.54 Å². The maximum Gasteiger partial charge on any atom is 0.227 e. The topological polar surface area (TPSA) is 52.0 Å². The monoisotopic (exact) mass is 238 g/mol. The molecule has 0 aliphatic rings. The van der Waals surface area contributed by atoms with Crippen LogP contribution in [0.4, 0.5) is 0 Å². The molecule has 0 bridgehead atoms. The first kappa shape index (κ1) is 11.0. The molecule has 3 rings (SSSR count). The van der Waals surface area contributed by atoms with Crippen LogP contribution in [0.5, 0.6) is 0 Å². The molecule has 0 atom stereocenters. The minimum Gasteiger partial charge on any atom is -0.436 e. The van der Waals surface area contributed by atoms with Crippen molar-refractivity contribution in [2.24, 2.45) is 5.73 Å². The number of fused-ring (bicyclic) bond motifs is 1. The number of hydrogen-bond donors (Lipinski definition) is 1. The van der Waals surface area contributed by atoms with Crippen molar-refractivity contribution in [2.75, 3.05) is 0 Å². The summed E-state index contributed by atoms with van der Waals surface area (Å²) in [4.78, 5) is 4.51. The second kappa shape index (κ2) is 4.27. The Hall–Kier alpha value is -2.13. The Balaban J connectivity index is 2.13. The SMILES string of the molecule is Cc1ccc2oc(-c3cccc(CN)c3)nc2c1. The molecule has 0 amide bonds. The molecule has 0 aliphatic carbocycles. The van der Waals surface area contributed by atoms with Crippen LogP contribution >= 0.6 is 0 Å². The number of benzene rings is 2. The third-order valence-corrected chi connectivity index (χ3v) is 2.95. The summed E-state index contributed by atoms with van der Waals surface area (Å²) in [6.45, 7) is 2.57. The Morgan fingerprint density at radius 3 is 2.89 bits per heavy atom. The van der Waals surface area contributed by atoms with E-state index in [1.165, 1.54) is 5.56 Å². The van der Waals surface area contributed by atoms with Crippen molar-refractivity contribution in [3.8, 4) is 11.5 Å². The molecule has 0 radical (unpaired) electrons. The first-order valence-electron chi connectivity index (χ1n) is 5.93. The lowest BCUT2D eigenvalue weighted by Gasteiger charge is -1.98. The van der Waals surface area contributed by atoms with Crippen LogP contribution in [0.25, 0.3) is 22.6 Å². The number of rotatable bonds is 2. The second-order valence-corrected chi connectivity index (χ2v) is 4.39. The van der Waals surface area contributed by atoms with E-state index in [9.17, 15) is 0 Å². The fourth-order valence-electron chi connectivity index (χ4n) is 1.99. The molecule has 1 aromatic heterocycles. The highest BCUT2D eigenvalue weighted by atomic mass is 16.3. The lowest BCUT2D eigenvalue weighted by atomic mass is 10.1. The predicted octanol–water partition coefficient (Wildman–Crippen LogP) is 3.26. The maximum atomic E-state index is 5.76. The summed E-state index contributed by atoms with van der Waals surface area (Å²) < 4.78 is 5.76. The van der Waals surface area contributed by atoms with Gasteiger partial charge in [0.1, 0.15) is 5.52 Å². The first-order chi connectivity index (χ1) is 8.76. The van der Waals surface area contributed by atoms with Crippen molar-refractivity contribution in [1.82, 2.24) is 4.98 Å². The average Bonchev–Trinajstić information content (AvgIpc) is 2.81. The maximum absolute atomic E-state index is 5.76. The largest absolute Gasteiger partial charge is 0.436 e. The fraction of sp³-hybridized carbons (Fsp3) is 0.133. The summed E-state index contributed by atoms with van der Waals surface area (Å²) in [6, 6.07) is 14.0. The van der Waals surface area contributed by atoms with E-state index in [1.54, 1.807) is 0 Å². The fourth-order valence-corrected chi connectivity index (χ4v) is 1.99. The van der Waals surface area contributed by atoms with Crippen LogP contribution in [0.3, 0.4) is 0 Å². The van der Waals surface area contributed by atoms with Crippen molar-refractivity contribution in [2.45, 2.75) is 13.5 Å². The predicted molar refractivity (Wildman–Crippen MR) is 72.1 cm³/mol. The van der Waals surface area contributed by atoms with E-state index in [1.807, 2.05) is 49.4 Å². The standard InChI is InChI=1S/C15H14N2O/c1-10-5-6-14-13(7-10)17-15(18-14)12-4-2-3-11(8-12)9-16/h2-8H,9,16H2,1H3. The van der Waals surface area contributed by atoms with Crippen molar-refractivity contribution < 1.29 is 4.42 Å². The number of nitrogens with zero attached hydrogens (tertiary/aromatic N) is 1. The van der Waals surface area contributed by atoms with E-state index in [4.69, 9.17) is 10.2 Å². The molecule has 18 heavy (non-hydrogen) atoms. The molecule has 0 aliphatic heterocycles. The third-order valence-electron chi connectivity index (χ3n) is 2.95. The van der Waals surface area contributed by atoms with Crippen LogP contribution < -0.4 is 5.73 Å². The second-order valence-electron chi connectivity index (χ2n) is 4.39. The zero-order valence-electron chi connectivity index (χ0n) is 10.2. The highest BCUT2D eigenvalue weighted by Gasteiger charge is 2.08. The van der Waals surface area contributed by atoms with Gasteiger partial charge in [-0.2, -0.15) is 0 Å². The first-order valence-corrected chi connectivity index (χ1v) is 5.93. The van der Waals surface area contributed by atoms with Crippen LogP contribution in [0.2, 0.25) is 0 Å². The molecule has 2 N–H and O–H groups in total. The van der Waals surface area contributed by atoms with Gasteiger partial charge in [0.2, 0.25) is 5.89 Å². The Bertz CT molecular complexity index is 701. The number of nitrogens with two attached hydrogens (primary N) is 1. The molecular formula is C15H14N2O. The van der Waals surface area contributed by atoms with Crippen LogP contribution in [0, 0.1) is 6.92 Å². The van der Waals surface area contributed by atoms with Gasteiger partial charge in [-0.1, -0.05) is 18.2 Å². The summed E-state index contributed by atoms with van der Waals surface area (Å²) in [5.41, 5.74) is 10.6. The summed E-state index contributed by atoms with van der Waals surface area (Å²) in [5.74, 6) is 0.644. The van der Waals surface area contributed by atoms with E-state index < -0.39 is 0 Å². The lowest BCUT2D eigenvalue weighted by Crippen LogP contribution is -1.95. The Labute approximate surface area is 105 Å².